The van der Waals surface area contributed by atoms with E-state index in [2.05, 4.69) is 0 Å². The van der Waals surface area contributed by atoms with Crippen LogP contribution in [0.4, 0.5) is 0 Å². The highest BCUT2D eigenvalue weighted by atomic mass is 32.1. The molecule has 2 aromatic rings. The Morgan fingerprint density at radius 1 is 1.24 bits per heavy atom. The minimum absolute atomic E-state index is 0.618. The Bertz CT molecular complexity index is 502. The van der Waals surface area contributed by atoms with Gasteiger partial charge in [0.1, 0.15) is 11.9 Å². The number of carbonyl (C=O) groups excluding carboxylic acids is 1. The van der Waals surface area contributed by atoms with Crippen molar-refractivity contribution >= 4 is 17.6 Å². The number of benzene rings is 1. The average Bonchev–Trinajstić information content (AvgIpc) is 2.87. The number of carbonyl (C=O) groups is 1. The van der Waals surface area contributed by atoms with E-state index in [0.717, 1.165) is 22.5 Å². The van der Waals surface area contributed by atoms with Crippen molar-refractivity contribution in [3.63, 3.8) is 0 Å². The summed E-state index contributed by atoms with van der Waals surface area (Å²) >= 11 is 1.30. The number of ether oxygens (including phenoxy) is 1. The van der Waals surface area contributed by atoms with E-state index in [1.54, 1.807) is 31.4 Å². The molecule has 0 radical (unpaired) electrons. The molecule has 17 heavy (non-hydrogen) atoms. The minimum atomic E-state index is -0.695. The minimum Gasteiger partial charge on any atom is -0.497 e. The van der Waals surface area contributed by atoms with Gasteiger partial charge < -0.3 is 9.84 Å². The van der Waals surface area contributed by atoms with Crippen LogP contribution >= 0.6 is 11.3 Å². The molecule has 0 spiro atoms. The molecule has 1 N–H and O–H groups in total. The van der Waals surface area contributed by atoms with Gasteiger partial charge in [-0.25, -0.2) is 0 Å². The summed E-state index contributed by atoms with van der Waals surface area (Å²) in [5.41, 5.74) is 0.782. The lowest BCUT2D eigenvalue weighted by Gasteiger charge is -2.09. The monoisotopic (exact) mass is 248 g/mol. The van der Waals surface area contributed by atoms with Gasteiger partial charge in [0.15, 0.2) is 6.29 Å². The molecule has 0 aliphatic heterocycles. The largest absolute Gasteiger partial charge is 0.497 e. The van der Waals surface area contributed by atoms with Gasteiger partial charge in [-0.2, -0.15) is 0 Å². The van der Waals surface area contributed by atoms with Gasteiger partial charge in [0, 0.05) is 4.88 Å². The number of thiophene rings is 1. The van der Waals surface area contributed by atoms with E-state index in [4.69, 9.17) is 4.74 Å². The fourth-order valence-corrected chi connectivity index (χ4v) is 2.37. The summed E-state index contributed by atoms with van der Waals surface area (Å²) in [6.45, 7) is 0. The first kappa shape index (κ1) is 11.8. The maximum absolute atomic E-state index is 10.6. The highest BCUT2D eigenvalue weighted by Gasteiger charge is 2.12. The molecule has 0 saturated heterocycles. The Kier molecular flexibility index (Phi) is 3.56. The maximum atomic E-state index is 10.6. The number of hydrogen-bond acceptors (Lipinski definition) is 4. The summed E-state index contributed by atoms with van der Waals surface area (Å²) < 4.78 is 5.05. The molecule has 0 aliphatic carbocycles. The van der Waals surface area contributed by atoms with E-state index in [0.29, 0.717) is 4.88 Å². The van der Waals surface area contributed by atoms with Crippen LogP contribution in [-0.2, 0) is 0 Å². The van der Waals surface area contributed by atoms with Crippen LogP contribution in [0.2, 0.25) is 0 Å². The number of aliphatic hydroxyl groups excluding tert-OH is 1. The molecule has 0 saturated carbocycles. The van der Waals surface area contributed by atoms with Crippen molar-refractivity contribution in [3.8, 4) is 5.75 Å². The second-order valence-corrected chi connectivity index (χ2v) is 4.68. The maximum Gasteiger partial charge on any atom is 0.160 e. The second kappa shape index (κ2) is 5.12. The van der Waals surface area contributed by atoms with Gasteiger partial charge in [-0.3, -0.25) is 4.79 Å². The molecular formula is C13H12O3S. The first-order chi connectivity index (χ1) is 8.24. The Morgan fingerprint density at radius 2 is 1.94 bits per heavy atom. The smallest absolute Gasteiger partial charge is 0.160 e. The molecule has 1 aromatic carbocycles. The summed E-state index contributed by atoms with van der Waals surface area (Å²) in [6.07, 6.45) is 0.0918. The number of aldehydes is 1. The summed E-state index contributed by atoms with van der Waals surface area (Å²) in [7, 11) is 1.60. The number of methoxy groups -OCH3 is 1. The molecule has 1 atom stereocenters. The zero-order valence-electron chi connectivity index (χ0n) is 9.29. The van der Waals surface area contributed by atoms with Gasteiger partial charge in [0.25, 0.3) is 0 Å². The van der Waals surface area contributed by atoms with Crippen molar-refractivity contribution in [2.24, 2.45) is 0 Å². The van der Waals surface area contributed by atoms with Crippen LogP contribution in [-0.4, -0.2) is 18.5 Å². The lowest BCUT2D eigenvalue weighted by molar-refractivity contribution is 0.112. The Labute approximate surface area is 103 Å². The Balaban J connectivity index is 2.23. The van der Waals surface area contributed by atoms with Gasteiger partial charge in [-0.15, -0.1) is 11.3 Å². The predicted octanol–water partition coefficient (Wildman–Crippen LogP) is 2.65. The fraction of sp³-hybridized carbons (Fsp3) is 0.154. The van der Waals surface area contributed by atoms with E-state index in [9.17, 15) is 9.90 Å². The molecule has 0 bridgehead atoms. The molecule has 1 unspecified atom stereocenters. The molecule has 2 rings (SSSR count). The standard InChI is InChI=1S/C13H12O3S/c1-16-10-4-2-9(3-5-10)13(15)12-7-6-11(8-14)17-12/h2-8,13,15H,1H3. The topological polar surface area (TPSA) is 46.5 Å². The number of hydrogen-bond donors (Lipinski definition) is 1. The first-order valence-corrected chi connectivity index (χ1v) is 5.93. The molecule has 0 fully saturated rings. The van der Waals surface area contributed by atoms with Gasteiger partial charge >= 0.3 is 0 Å². The summed E-state index contributed by atoms with van der Waals surface area (Å²) in [5.74, 6) is 0.751. The number of aliphatic hydroxyl groups is 1. The van der Waals surface area contributed by atoms with Crippen LogP contribution in [0.15, 0.2) is 36.4 Å². The SMILES string of the molecule is COc1ccc(C(O)c2ccc(C=O)s2)cc1. The van der Waals surface area contributed by atoms with Crippen LogP contribution in [0, 0.1) is 0 Å². The summed E-state index contributed by atoms with van der Waals surface area (Å²) in [6, 6.07) is 10.7. The second-order valence-electron chi connectivity index (χ2n) is 3.53. The molecule has 1 aromatic heterocycles. The van der Waals surface area contributed by atoms with Crippen molar-refractivity contribution < 1.29 is 14.6 Å². The third-order valence-electron chi connectivity index (χ3n) is 2.46. The predicted molar refractivity (Wildman–Crippen MR) is 66.8 cm³/mol. The summed E-state index contributed by atoms with van der Waals surface area (Å²) in [4.78, 5) is 12.0. The normalized spacial score (nSPS) is 12.1. The molecule has 1 heterocycles. The first-order valence-electron chi connectivity index (χ1n) is 5.11. The highest BCUT2D eigenvalue weighted by molar-refractivity contribution is 7.13. The average molecular weight is 248 g/mol. The third-order valence-corrected chi connectivity index (χ3v) is 3.53. The van der Waals surface area contributed by atoms with Crippen LogP contribution in [0.3, 0.4) is 0 Å². The zero-order valence-corrected chi connectivity index (χ0v) is 10.1. The molecule has 0 aliphatic rings. The zero-order chi connectivity index (χ0) is 12.3. The van der Waals surface area contributed by atoms with Crippen LogP contribution < -0.4 is 4.74 Å². The molecule has 4 heteroatoms. The van der Waals surface area contributed by atoms with Crippen molar-refractivity contribution in [2.45, 2.75) is 6.10 Å². The van der Waals surface area contributed by atoms with E-state index in [1.807, 2.05) is 12.1 Å². The molecule has 0 amide bonds. The van der Waals surface area contributed by atoms with Crippen LogP contribution in [0.5, 0.6) is 5.75 Å². The number of rotatable bonds is 4. The molecular weight excluding hydrogens is 236 g/mol. The van der Waals surface area contributed by atoms with E-state index in [-0.39, 0.29) is 0 Å². The van der Waals surface area contributed by atoms with Crippen molar-refractivity contribution in [1.82, 2.24) is 0 Å². The van der Waals surface area contributed by atoms with Crippen molar-refractivity contribution in [1.29, 1.82) is 0 Å². The highest BCUT2D eigenvalue weighted by Crippen LogP contribution is 2.28. The van der Waals surface area contributed by atoms with Crippen molar-refractivity contribution in [3.05, 3.63) is 51.7 Å². The Hall–Kier alpha value is -1.65. The van der Waals surface area contributed by atoms with E-state index in [1.165, 1.54) is 11.3 Å². The Morgan fingerprint density at radius 3 is 2.47 bits per heavy atom. The van der Waals surface area contributed by atoms with Crippen LogP contribution in [0.25, 0.3) is 0 Å². The third kappa shape index (κ3) is 2.54. The lowest BCUT2D eigenvalue weighted by atomic mass is 10.1. The quantitative estimate of drug-likeness (QED) is 0.846. The van der Waals surface area contributed by atoms with Gasteiger partial charge in [-0.05, 0) is 29.8 Å². The summed E-state index contributed by atoms with van der Waals surface area (Å²) in [5, 5.41) is 10.1. The van der Waals surface area contributed by atoms with Gasteiger partial charge in [0.2, 0.25) is 0 Å². The molecule has 3 nitrogen and oxygen atoms in total. The van der Waals surface area contributed by atoms with Gasteiger partial charge in [0.05, 0.1) is 12.0 Å². The van der Waals surface area contributed by atoms with E-state index < -0.39 is 6.10 Å². The van der Waals surface area contributed by atoms with Crippen molar-refractivity contribution in [2.75, 3.05) is 7.11 Å². The fourth-order valence-electron chi connectivity index (χ4n) is 1.53. The molecule has 88 valence electrons. The van der Waals surface area contributed by atoms with Crippen LogP contribution in [0.1, 0.15) is 26.2 Å². The van der Waals surface area contributed by atoms with Gasteiger partial charge in [-0.1, -0.05) is 12.1 Å². The van der Waals surface area contributed by atoms with E-state index >= 15 is 0 Å². The lowest BCUT2D eigenvalue weighted by Crippen LogP contribution is -1.96.